The summed E-state index contributed by atoms with van der Waals surface area (Å²) >= 11 is 0. The van der Waals surface area contributed by atoms with Crippen LogP contribution in [-0.4, -0.2) is 56.2 Å². The number of epoxide rings is 1. The fourth-order valence-corrected chi connectivity index (χ4v) is 10.2. The van der Waals surface area contributed by atoms with E-state index >= 15 is 0 Å². The number of ether oxygens (including phenoxy) is 3. The van der Waals surface area contributed by atoms with Crippen LogP contribution in [0.2, 0.25) is 0 Å². The maximum Gasteiger partial charge on any atom is 0.253 e. The molecule has 1 aliphatic carbocycles. The SMILES string of the molecule is C.C.C=[C-]C(=O)OC.CC1[CH-]O1.CCC.CN1C(=O)C=CC1=O.C[C-]1COC1.Cc1c(C)c(C)c(-c2c(C)c(C)c(C)c(C)c2C)c(C)c1C.Cc1ccc(C)c(C)c1C.Cc1ccc2c(c1)C(C)(C)c1cc(C)ccc1-2.Cc1ccc2cc(C)ccc2c1.[W].[W].[W]. The standard InChI is InChI=1S/C22H30.C17H18.C12H12.C10H14.C5H5NO2.C4H5O2.C4H7O.C3H5O.C3H8.2CH4.3W/c1-11-13(3)17(7)21(18(8)14(11)4)22-19(9)15(5)12(2)16(6)20(22)10;1-11-5-7-13-14-8-6-12(2)10-16(14)17(3,4)15(13)9-11;1-9-3-5-12-8-10(2)4-6-11(12)7-9;1-7-5-6-8(2)10(4)9(7)3;1-6-4(7)2-3-5(6)8;1-3-4(5)6-2;1-4-2-5-3-4;1-3-2-4-3;1-3-2;;;;;/h1-10H3;5-10H,1-4H3;3-8H,1-2H3;5-6H,1-4H3;2-3H,1H3;1H2,2H3;2-3H2,1H3;2-3H,1H3;3H2,1-2H3;2*1H4;;;/q;;;;;3*-1;;;;;;. The molecule has 92 heavy (non-hydrogen) atoms. The van der Waals surface area contributed by atoms with E-state index in [1.54, 1.807) is 6.61 Å². The molecule has 0 bridgehead atoms. The minimum absolute atomic E-state index is 0. The fourth-order valence-electron chi connectivity index (χ4n) is 10.2. The van der Waals surface area contributed by atoms with Gasteiger partial charge in [-0.15, -0.1) is 0 Å². The van der Waals surface area contributed by atoms with Crippen molar-refractivity contribution in [2.24, 2.45) is 0 Å². The monoisotopic (exact) mass is 1760 g/mol. The van der Waals surface area contributed by atoms with Crippen molar-refractivity contribution in [2.75, 3.05) is 27.4 Å². The summed E-state index contributed by atoms with van der Waals surface area (Å²) in [5, 5.41) is 2.67. The Labute approximate surface area is 602 Å². The van der Waals surface area contributed by atoms with Crippen molar-refractivity contribution in [3.63, 3.8) is 0 Å². The van der Waals surface area contributed by atoms with Gasteiger partial charge in [0.05, 0.1) is 7.11 Å². The minimum atomic E-state index is -0.519. The number of esters is 1. The molecule has 7 nitrogen and oxygen atoms in total. The molecule has 0 radical (unpaired) electrons. The normalized spacial score (nSPS) is 13.4. The van der Waals surface area contributed by atoms with Gasteiger partial charge in [0.1, 0.15) is 5.97 Å². The van der Waals surface area contributed by atoms with E-state index in [0.717, 1.165) is 18.1 Å². The number of fused-ring (bicyclic) bond motifs is 4. The number of methoxy groups -OCH3 is 1. The van der Waals surface area contributed by atoms with Crippen LogP contribution in [0.4, 0.5) is 0 Å². The Balaban J connectivity index is -0.00000102. The summed E-state index contributed by atoms with van der Waals surface area (Å²) in [7, 11) is 2.73. The number of rotatable bonds is 2. The molecule has 2 saturated heterocycles. The van der Waals surface area contributed by atoms with Crippen molar-refractivity contribution in [3.8, 4) is 22.3 Å². The van der Waals surface area contributed by atoms with Crippen LogP contribution in [0.3, 0.4) is 0 Å². The summed E-state index contributed by atoms with van der Waals surface area (Å²) in [4.78, 5) is 31.6. The molecule has 3 aliphatic heterocycles. The number of aryl methyl sites for hydroxylation is 6. The summed E-state index contributed by atoms with van der Waals surface area (Å²) in [5.41, 5.74) is 34.2. The molecule has 0 saturated carbocycles. The quantitative estimate of drug-likeness (QED) is 0.0564. The average Bonchev–Trinajstić information content (AvgIpc) is 1.67. The van der Waals surface area contributed by atoms with Crippen LogP contribution in [0.15, 0.2) is 104 Å². The van der Waals surface area contributed by atoms with Gasteiger partial charge < -0.3 is 20.3 Å². The van der Waals surface area contributed by atoms with Gasteiger partial charge in [0, 0.05) is 87.8 Å². The van der Waals surface area contributed by atoms with Gasteiger partial charge in [-0.05, 0) is 247 Å². The first-order valence-electron chi connectivity index (χ1n) is 30.6. The Morgan fingerprint density at radius 3 is 1.04 bits per heavy atom. The first kappa shape index (κ1) is 91.1. The predicted molar refractivity (Wildman–Crippen MR) is 383 cm³/mol. The van der Waals surface area contributed by atoms with E-state index in [2.05, 4.69) is 260 Å². The second-order valence-electron chi connectivity index (χ2n) is 24.4. The number of carbonyl (C=O) groups excluding carboxylic acids is 3. The molecule has 11 rings (SSSR count). The molecule has 0 spiro atoms. The maximum absolute atomic E-state index is 10.4. The molecule has 4 aliphatic rings. The molecule has 0 aromatic heterocycles. The van der Waals surface area contributed by atoms with Crippen molar-refractivity contribution in [1.29, 1.82) is 0 Å². The van der Waals surface area contributed by atoms with Gasteiger partial charge in [-0.1, -0.05) is 182 Å². The number of likely N-dealkylation sites (N-methyl/N-ethyl adjacent to an activating group) is 1. The van der Waals surface area contributed by atoms with Crippen LogP contribution in [-0.2, 0) is 97.2 Å². The zero-order valence-corrected chi connectivity index (χ0v) is 68.1. The molecule has 1 atom stereocenters. The van der Waals surface area contributed by atoms with Crippen LogP contribution in [0.5, 0.6) is 0 Å². The first-order valence-corrected chi connectivity index (χ1v) is 30.6. The van der Waals surface area contributed by atoms with Gasteiger partial charge in [0.2, 0.25) is 0 Å². The van der Waals surface area contributed by atoms with Crippen LogP contribution >= 0.6 is 0 Å². The second kappa shape index (κ2) is 42.3. The Kier molecular flexibility index (Phi) is 41.9. The molecule has 2 fully saturated rings. The largest absolute Gasteiger partial charge is 0.570 e. The predicted octanol–water partition coefficient (Wildman–Crippen LogP) is 21.0. The van der Waals surface area contributed by atoms with E-state index in [1.807, 2.05) is 13.0 Å². The number of hydrogen-bond donors (Lipinski definition) is 0. The number of carbonyl (C=O) groups is 3. The number of imide groups is 1. The van der Waals surface area contributed by atoms with E-state index in [-0.39, 0.29) is 95.3 Å². The Morgan fingerprint density at radius 2 is 0.826 bits per heavy atom. The number of hydrogen-bond acceptors (Lipinski definition) is 6. The molecule has 0 N–H and O–H groups in total. The Morgan fingerprint density at radius 1 is 0.554 bits per heavy atom. The third-order valence-corrected chi connectivity index (χ3v) is 17.2. The van der Waals surface area contributed by atoms with Gasteiger partial charge in [0.25, 0.3) is 11.8 Å². The van der Waals surface area contributed by atoms with Gasteiger partial charge >= 0.3 is 0 Å². The van der Waals surface area contributed by atoms with Gasteiger partial charge in [0.15, 0.2) is 0 Å². The molecule has 7 aromatic rings. The van der Waals surface area contributed by atoms with Crippen molar-refractivity contribution in [1.82, 2.24) is 4.90 Å². The zero-order valence-electron chi connectivity index (χ0n) is 59.3. The Bertz CT molecular complexity index is 3320. The molecular weight excluding hydrogens is 1650 g/mol. The fraction of sp³-hybridized carbons (Fsp3) is 0.402. The molecule has 1 unspecified atom stereocenters. The third kappa shape index (κ3) is 25.2. The number of benzene rings is 7. The van der Waals surface area contributed by atoms with Crippen molar-refractivity contribution in [2.45, 2.75) is 199 Å². The summed E-state index contributed by atoms with van der Waals surface area (Å²) in [6.07, 6.45) is 6.22. The van der Waals surface area contributed by atoms with Gasteiger partial charge in [-0.25, -0.2) is 0 Å². The average molecular weight is 1760 g/mol. The molecule has 3 heterocycles. The first-order chi connectivity index (χ1) is 40.7. The minimum Gasteiger partial charge on any atom is -0.570 e. The molecular formula is C82H112NO6W3-3. The molecule has 502 valence electrons. The smallest absolute Gasteiger partial charge is 0.253 e. The van der Waals surface area contributed by atoms with Gasteiger partial charge in [-0.2, -0.15) is 13.5 Å². The summed E-state index contributed by atoms with van der Waals surface area (Å²) in [5.74, 6) is 0.463. The summed E-state index contributed by atoms with van der Waals surface area (Å²) < 4.78 is 13.5. The summed E-state index contributed by atoms with van der Waals surface area (Å²) in [6.45, 7) is 59.6. The van der Waals surface area contributed by atoms with Crippen molar-refractivity contribution in [3.05, 3.63) is 234 Å². The van der Waals surface area contributed by atoms with E-state index in [9.17, 15) is 14.4 Å². The molecule has 7 aromatic carbocycles. The maximum atomic E-state index is 10.4. The topological polar surface area (TPSA) is 85.4 Å². The van der Waals surface area contributed by atoms with Crippen LogP contribution in [0.1, 0.15) is 174 Å². The second-order valence-corrected chi connectivity index (χ2v) is 24.4. The van der Waals surface area contributed by atoms with E-state index < -0.39 is 5.97 Å². The van der Waals surface area contributed by atoms with E-state index in [1.165, 1.54) is 183 Å². The number of amides is 2. The van der Waals surface area contributed by atoms with Gasteiger partial charge in [-0.3, -0.25) is 31.8 Å². The number of nitrogens with zero attached hydrogens (tertiary/aromatic N) is 1. The van der Waals surface area contributed by atoms with Crippen LogP contribution < -0.4 is 0 Å². The van der Waals surface area contributed by atoms with Crippen LogP contribution in [0.25, 0.3) is 33.0 Å². The molecule has 10 heteroatoms. The van der Waals surface area contributed by atoms with E-state index in [4.69, 9.17) is 4.74 Å². The van der Waals surface area contributed by atoms with Crippen molar-refractivity contribution < 1.29 is 91.8 Å². The molecule has 2 amide bonds. The van der Waals surface area contributed by atoms with Crippen LogP contribution in [0, 0.1) is 143 Å². The third-order valence-electron chi connectivity index (χ3n) is 17.2. The van der Waals surface area contributed by atoms with E-state index in [0.29, 0.717) is 6.10 Å². The van der Waals surface area contributed by atoms with Crippen molar-refractivity contribution >= 4 is 28.6 Å². The zero-order chi connectivity index (χ0) is 65.9. The Hall–Kier alpha value is -5.13. The summed E-state index contributed by atoms with van der Waals surface area (Å²) in [6, 6.07) is 31.1.